The zero-order chi connectivity index (χ0) is 16.1. The molecule has 3 rings (SSSR count). The Bertz CT molecular complexity index is 801. The topological polar surface area (TPSA) is 43.6 Å². The number of rotatable bonds is 6. The molecular weight excluding hydrogens is 311 g/mol. The van der Waals surface area contributed by atoms with E-state index >= 15 is 0 Å². The summed E-state index contributed by atoms with van der Waals surface area (Å²) in [6, 6.07) is 10.5. The van der Waals surface area contributed by atoms with Crippen LogP contribution in [-0.2, 0) is 12.3 Å². The molecule has 0 fully saturated rings. The zero-order valence-electron chi connectivity index (χ0n) is 12.4. The molecule has 0 saturated heterocycles. The van der Waals surface area contributed by atoms with Crippen molar-refractivity contribution in [1.82, 2.24) is 19.7 Å². The van der Waals surface area contributed by atoms with E-state index in [1.165, 1.54) is 17.8 Å². The molecule has 0 aliphatic carbocycles. The van der Waals surface area contributed by atoms with Gasteiger partial charge in [0.25, 0.3) is 0 Å². The molecular formula is C17H15FN4S. The molecule has 2 aromatic heterocycles. The molecule has 116 valence electrons. The van der Waals surface area contributed by atoms with Crippen molar-refractivity contribution in [3.63, 3.8) is 0 Å². The quantitative estimate of drug-likeness (QED) is 0.508. The van der Waals surface area contributed by atoms with Crippen molar-refractivity contribution >= 4 is 11.8 Å². The number of hydrogen-bond acceptors (Lipinski definition) is 4. The summed E-state index contributed by atoms with van der Waals surface area (Å²) in [7, 11) is 0. The molecule has 0 N–H and O–H groups in total. The standard InChI is InChI=1S/C17H15FN4S/c1-2-11-22-16(13-7-9-19-10-8-13)20-21-17(22)23-12-14-5-3-4-6-15(14)18/h2-10H,1,11-12H2. The number of aromatic nitrogens is 4. The molecule has 2 heterocycles. The summed E-state index contributed by atoms with van der Waals surface area (Å²) in [6.45, 7) is 4.37. The first-order chi connectivity index (χ1) is 11.3. The van der Waals surface area contributed by atoms with Crippen molar-refractivity contribution in [3.8, 4) is 11.4 Å². The average Bonchev–Trinajstić information content (AvgIpc) is 2.98. The molecule has 1 aromatic carbocycles. The van der Waals surface area contributed by atoms with Crippen molar-refractivity contribution in [3.05, 3.63) is 72.8 Å². The first-order valence-corrected chi connectivity index (χ1v) is 8.09. The van der Waals surface area contributed by atoms with Gasteiger partial charge < -0.3 is 0 Å². The molecule has 3 aromatic rings. The van der Waals surface area contributed by atoms with Crippen LogP contribution in [0.15, 0.2) is 66.6 Å². The summed E-state index contributed by atoms with van der Waals surface area (Å²) in [5.41, 5.74) is 1.59. The Hall–Kier alpha value is -2.47. The predicted octanol–water partition coefficient (Wildman–Crippen LogP) is 3.96. The summed E-state index contributed by atoms with van der Waals surface area (Å²) in [5.74, 6) is 1.05. The average molecular weight is 326 g/mol. The minimum Gasteiger partial charge on any atom is -0.298 e. The van der Waals surface area contributed by atoms with Crippen LogP contribution in [0, 0.1) is 5.82 Å². The highest BCUT2D eigenvalue weighted by Crippen LogP contribution is 2.26. The Morgan fingerprint density at radius 1 is 1.13 bits per heavy atom. The van der Waals surface area contributed by atoms with Gasteiger partial charge in [0.2, 0.25) is 0 Å². The van der Waals surface area contributed by atoms with E-state index in [0.29, 0.717) is 17.9 Å². The van der Waals surface area contributed by atoms with E-state index in [1.54, 1.807) is 30.6 Å². The SMILES string of the molecule is C=CCn1c(SCc2ccccc2F)nnc1-c1ccncc1. The Morgan fingerprint density at radius 3 is 2.65 bits per heavy atom. The van der Waals surface area contributed by atoms with Gasteiger partial charge in [-0.3, -0.25) is 9.55 Å². The molecule has 6 heteroatoms. The lowest BCUT2D eigenvalue weighted by Gasteiger charge is -2.08. The third-order valence-electron chi connectivity index (χ3n) is 3.28. The van der Waals surface area contributed by atoms with E-state index in [0.717, 1.165) is 16.5 Å². The molecule has 0 saturated carbocycles. The summed E-state index contributed by atoms with van der Waals surface area (Å²) in [6.07, 6.45) is 5.23. The number of thioether (sulfide) groups is 1. The highest BCUT2D eigenvalue weighted by molar-refractivity contribution is 7.98. The number of allylic oxidation sites excluding steroid dienone is 1. The third-order valence-corrected chi connectivity index (χ3v) is 4.30. The maximum atomic E-state index is 13.7. The Morgan fingerprint density at radius 2 is 1.91 bits per heavy atom. The molecule has 0 spiro atoms. The van der Waals surface area contributed by atoms with E-state index in [9.17, 15) is 4.39 Å². The number of benzene rings is 1. The number of hydrogen-bond donors (Lipinski definition) is 0. The second kappa shape index (κ2) is 7.19. The fourth-order valence-corrected chi connectivity index (χ4v) is 3.10. The molecule has 0 aliphatic heterocycles. The molecule has 0 unspecified atom stereocenters. The van der Waals surface area contributed by atoms with Crippen LogP contribution in [0.25, 0.3) is 11.4 Å². The van der Waals surface area contributed by atoms with Gasteiger partial charge in [-0.2, -0.15) is 0 Å². The van der Waals surface area contributed by atoms with Gasteiger partial charge in [-0.05, 0) is 23.8 Å². The first kappa shape index (κ1) is 15.4. The predicted molar refractivity (Wildman–Crippen MR) is 89.4 cm³/mol. The number of halogens is 1. The van der Waals surface area contributed by atoms with Crippen LogP contribution in [0.3, 0.4) is 0 Å². The van der Waals surface area contributed by atoms with E-state index in [2.05, 4.69) is 21.8 Å². The van der Waals surface area contributed by atoms with Crippen LogP contribution in [0.2, 0.25) is 0 Å². The van der Waals surface area contributed by atoms with Crippen molar-refractivity contribution in [1.29, 1.82) is 0 Å². The van der Waals surface area contributed by atoms with Crippen LogP contribution in [-0.4, -0.2) is 19.7 Å². The number of pyridine rings is 1. The molecule has 0 aliphatic rings. The highest BCUT2D eigenvalue weighted by Gasteiger charge is 2.14. The lowest BCUT2D eigenvalue weighted by molar-refractivity contribution is 0.617. The van der Waals surface area contributed by atoms with E-state index < -0.39 is 0 Å². The summed E-state index contributed by atoms with van der Waals surface area (Å²) in [4.78, 5) is 4.01. The van der Waals surface area contributed by atoms with Gasteiger partial charge in [-0.1, -0.05) is 36.0 Å². The van der Waals surface area contributed by atoms with Gasteiger partial charge in [-0.15, -0.1) is 16.8 Å². The van der Waals surface area contributed by atoms with Crippen molar-refractivity contribution in [2.45, 2.75) is 17.5 Å². The molecule has 0 radical (unpaired) electrons. The Labute approximate surface area is 138 Å². The summed E-state index contributed by atoms with van der Waals surface area (Å²) >= 11 is 1.46. The molecule has 4 nitrogen and oxygen atoms in total. The summed E-state index contributed by atoms with van der Waals surface area (Å²) in [5, 5.41) is 9.24. The van der Waals surface area contributed by atoms with Crippen LogP contribution >= 0.6 is 11.8 Å². The highest BCUT2D eigenvalue weighted by atomic mass is 32.2. The Kier molecular flexibility index (Phi) is 4.83. The minimum atomic E-state index is -0.204. The number of nitrogens with zero attached hydrogens (tertiary/aromatic N) is 4. The second-order valence-electron chi connectivity index (χ2n) is 4.82. The Balaban J connectivity index is 1.86. The van der Waals surface area contributed by atoms with Crippen molar-refractivity contribution in [2.75, 3.05) is 0 Å². The van der Waals surface area contributed by atoms with Crippen molar-refractivity contribution < 1.29 is 4.39 Å². The van der Waals surface area contributed by atoms with Gasteiger partial charge in [-0.25, -0.2) is 4.39 Å². The maximum Gasteiger partial charge on any atom is 0.192 e. The fraction of sp³-hybridized carbons (Fsp3) is 0.118. The second-order valence-corrected chi connectivity index (χ2v) is 5.76. The maximum absolute atomic E-state index is 13.7. The zero-order valence-corrected chi connectivity index (χ0v) is 13.2. The van der Waals surface area contributed by atoms with E-state index in [1.807, 2.05) is 22.8 Å². The lowest BCUT2D eigenvalue weighted by atomic mass is 10.2. The first-order valence-electron chi connectivity index (χ1n) is 7.10. The van der Waals surface area contributed by atoms with Gasteiger partial charge in [0.15, 0.2) is 11.0 Å². The lowest BCUT2D eigenvalue weighted by Crippen LogP contribution is -2.01. The van der Waals surface area contributed by atoms with Gasteiger partial charge in [0, 0.05) is 30.3 Å². The van der Waals surface area contributed by atoms with Crippen LogP contribution < -0.4 is 0 Å². The van der Waals surface area contributed by atoms with E-state index in [4.69, 9.17) is 0 Å². The van der Waals surface area contributed by atoms with Crippen LogP contribution in [0.4, 0.5) is 4.39 Å². The van der Waals surface area contributed by atoms with E-state index in [-0.39, 0.29) is 5.82 Å². The van der Waals surface area contributed by atoms with Crippen LogP contribution in [0.5, 0.6) is 0 Å². The van der Waals surface area contributed by atoms with Gasteiger partial charge in [0.1, 0.15) is 5.82 Å². The normalized spacial score (nSPS) is 10.7. The molecule has 0 bridgehead atoms. The minimum absolute atomic E-state index is 0.204. The molecule has 0 atom stereocenters. The molecule has 23 heavy (non-hydrogen) atoms. The molecule has 0 amide bonds. The largest absolute Gasteiger partial charge is 0.298 e. The fourth-order valence-electron chi connectivity index (χ4n) is 2.16. The third kappa shape index (κ3) is 3.48. The van der Waals surface area contributed by atoms with Crippen LogP contribution in [0.1, 0.15) is 5.56 Å². The van der Waals surface area contributed by atoms with Gasteiger partial charge >= 0.3 is 0 Å². The monoisotopic (exact) mass is 326 g/mol. The smallest absolute Gasteiger partial charge is 0.192 e. The summed E-state index contributed by atoms with van der Waals surface area (Å²) < 4.78 is 15.7. The van der Waals surface area contributed by atoms with Gasteiger partial charge in [0.05, 0.1) is 0 Å². The van der Waals surface area contributed by atoms with Crippen molar-refractivity contribution in [2.24, 2.45) is 0 Å².